The molecular weight excluding hydrogens is 1710 g/mol. The molecule has 0 aliphatic carbocycles. The van der Waals surface area contributed by atoms with Crippen LogP contribution in [-0.2, 0) is 40.1 Å². The second kappa shape index (κ2) is 37.2. The van der Waals surface area contributed by atoms with Gasteiger partial charge in [-0.3, -0.25) is 38.4 Å². The monoisotopic (exact) mass is 1810 g/mol. The van der Waals surface area contributed by atoms with Crippen molar-refractivity contribution in [3.05, 3.63) is 226 Å². The molecule has 0 aliphatic heterocycles. The molecule has 12 rings (SSSR count). The number of ketones is 4. The summed E-state index contributed by atoms with van der Waals surface area (Å²) in [6.07, 6.45) is 0. The number of rotatable bonds is 24. The minimum Gasteiger partial charge on any atom is -0.337 e. The third-order valence-corrected chi connectivity index (χ3v) is 26.4. The molecule has 0 fully saturated rings. The molecule has 0 spiro atoms. The van der Waals surface area contributed by atoms with Gasteiger partial charge in [0.15, 0.2) is 23.1 Å². The van der Waals surface area contributed by atoms with E-state index in [0.717, 1.165) is 52.4 Å². The van der Waals surface area contributed by atoms with Gasteiger partial charge in [0.1, 0.15) is 39.1 Å². The van der Waals surface area contributed by atoms with Crippen molar-refractivity contribution in [2.45, 2.75) is 158 Å². The van der Waals surface area contributed by atoms with Crippen molar-refractivity contribution < 1.29 is 120 Å². The number of aryl methyl sites for hydroxylation is 9. The maximum Gasteiger partial charge on any atom is 0.267 e. The predicted octanol–water partition coefficient (Wildman–Crippen LogP) is 16.9. The van der Waals surface area contributed by atoms with E-state index >= 15 is 0 Å². The average Bonchev–Trinajstić information content (AvgIpc) is 0.936. The summed E-state index contributed by atoms with van der Waals surface area (Å²) in [5, 5.41) is 29.1. The number of carbonyl (C=O) groups excluding carboxylic acids is 8. The Morgan fingerprint density at radius 1 is 0.325 bits per heavy atom. The Morgan fingerprint density at radius 3 is 0.858 bits per heavy atom. The summed E-state index contributed by atoms with van der Waals surface area (Å²) in [5.74, 6) is -7.52. The normalized spacial score (nSPS) is 14.7. The predicted molar refractivity (Wildman–Crippen MR) is 460 cm³/mol. The summed E-state index contributed by atoms with van der Waals surface area (Å²) in [5.41, 5.74) is -0.846. The molecule has 0 unspecified atom stereocenters. The van der Waals surface area contributed by atoms with E-state index < -0.39 is 177 Å². The minimum absolute atomic E-state index is 0.00112. The number of aromatic nitrogens is 4. The first-order chi connectivity index (χ1) is 65.0. The summed E-state index contributed by atoms with van der Waals surface area (Å²) >= 11 is 3.17. The van der Waals surface area contributed by atoms with Gasteiger partial charge in [-0.1, -0.05) is 44.8 Å². The molecule has 0 bridgehead atoms. The fraction of sp³-hybridized carbons (Fsp3) is 0.250. The Morgan fingerprint density at radius 2 is 0.592 bits per heavy atom. The van der Waals surface area contributed by atoms with Crippen LogP contribution >= 0.6 is 45.3 Å². The van der Waals surface area contributed by atoms with Crippen molar-refractivity contribution >= 4 is 178 Å². The standard InChI is InChI=1S/4C20H21N3O5S2/c4*1-10-8-11(2)17(15(9-10)14(5)24)21-19(25)18-16(6-7-29-18)30(26,27)23-20-12(3)13(4)22-28-20/h4*6-9,23H,1-5H3,(H,21,25)/i1D3,2D3,3D3,4D3,9D;4D3,8D;3D3,8D;8D. The largest absolute Gasteiger partial charge is 0.337 e. The number of hydrogen-bond donors (Lipinski definition) is 8. The number of nitrogens with one attached hydrogen (secondary N) is 8. The molecular formula is C80H84N12O20S8. The zero-order chi connectivity index (χ0) is 107. The van der Waals surface area contributed by atoms with E-state index in [1.54, 1.807) is 60.1 Å². The van der Waals surface area contributed by atoms with Gasteiger partial charge in [0.05, 0.1) is 51.0 Å². The number of amides is 4. The van der Waals surface area contributed by atoms with Gasteiger partial charge >= 0.3 is 0 Å². The average molecular weight is 1810 g/mol. The van der Waals surface area contributed by atoms with E-state index in [0.29, 0.717) is 62.0 Å². The van der Waals surface area contributed by atoms with Gasteiger partial charge in [0.2, 0.25) is 23.5 Å². The summed E-state index contributed by atoms with van der Waals surface area (Å²) in [6.45, 7) is 3.12. The Bertz CT molecular complexity index is 7590. The van der Waals surface area contributed by atoms with Gasteiger partial charge in [-0.25, -0.2) is 52.6 Å². The Labute approximate surface area is 738 Å². The number of benzene rings is 4. The molecule has 4 amide bonds. The number of thiophene rings is 4. The van der Waals surface area contributed by atoms with Crippen LogP contribution in [0.2, 0.25) is 0 Å². The minimum atomic E-state index is -4.91. The van der Waals surface area contributed by atoms with E-state index in [1.807, 2.05) is 0 Å². The van der Waals surface area contributed by atoms with Crippen LogP contribution in [0.5, 0.6) is 0 Å². The number of carbonyl (C=O) groups is 8. The van der Waals surface area contributed by atoms with Crippen molar-refractivity contribution in [3.8, 4) is 0 Å². The first-order valence-electron chi connectivity index (χ1n) is 45.1. The molecule has 120 heavy (non-hydrogen) atoms. The third-order valence-electron chi connectivity index (χ3n) is 16.7. The molecule has 0 radical (unpaired) electrons. The molecule has 12 aromatic rings. The van der Waals surface area contributed by atoms with Gasteiger partial charge < -0.3 is 39.4 Å². The van der Waals surface area contributed by atoms with E-state index in [9.17, 15) is 72.0 Å². The number of anilines is 8. The van der Waals surface area contributed by atoms with Crippen LogP contribution in [0.1, 0.15) is 228 Å². The van der Waals surface area contributed by atoms with Crippen LogP contribution in [0.4, 0.5) is 46.3 Å². The van der Waals surface area contributed by atoms with Gasteiger partial charge in [0, 0.05) is 69.2 Å². The number of nitrogens with zero attached hydrogens (tertiary/aromatic N) is 4. The first kappa shape index (κ1) is 65.0. The molecule has 4 aromatic carbocycles. The van der Waals surface area contributed by atoms with Gasteiger partial charge in [-0.05, 0) is 253 Å². The van der Waals surface area contributed by atoms with Crippen LogP contribution < -0.4 is 40.2 Å². The maximum atomic E-state index is 13.3. The highest BCUT2D eigenvalue weighted by atomic mass is 32.2. The van der Waals surface area contributed by atoms with E-state index in [4.69, 9.17) is 48.2 Å². The zero-order valence-corrected chi connectivity index (χ0v) is 71.7. The number of sulfonamides is 4. The molecule has 32 nitrogen and oxygen atoms in total. The lowest BCUT2D eigenvalue weighted by Crippen LogP contribution is -2.20. The topological polar surface area (TPSA) is 473 Å². The number of Topliss-reactive ketones (excluding diaryl/α,β-unsaturated/α-hetero) is 4. The highest BCUT2D eigenvalue weighted by Gasteiger charge is 2.33. The summed E-state index contributed by atoms with van der Waals surface area (Å²) in [6, 6.07) is 9.39. The third kappa shape index (κ3) is 21.0. The van der Waals surface area contributed by atoms with Crippen LogP contribution in [0.3, 0.4) is 0 Å². The second-order valence-electron chi connectivity index (χ2n) is 25.8. The first-order valence-corrected chi connectivity index (χ1v) is 43.5. The quantitative estimate of drug-likeness (QED) is 0.0260. The summed E-state index contributed by atoms with van der Waals surface area (Å²) in [4.78, 5) is 98.3. The summed E-state index contributed by atoms with van der Waals surface area (Å²) in [7, 11) is -17.9. The van der Waals surface area contributed by atoms with Crippen molar-refractivity contribution in [2.24, 2.45) is 0 Å². The number of hydrogen-bond acceptors (Lipinski definition) is 28. The molecule has 8 aromatic heterocycles. The van der Waals surface area contributed by atoms with E-state index in [-0.39, 0.29) is 128 Å². The molecule has 0 aliphatic rings. The molecule has 0 saturated carbocycles. The molecule has 40 heteroatoms. The second-order valence-corrected chi connectivity index (χ2v) is 36.0. The van der Waals surface area contributed by atoms with Crippen LogP contribution in [-0.4, -0.2) is 101 Å². The lowest BCUT2D eigenvalue weighted by atomic mass is 10.0. The molecule has 8 heterocycles. The fourth-order valence-corrected chi connectivity index (χ4v) is 20.2. The highest BCUT2D eigenvalue weighted by molar-refractivity contribution is 7.94. The van der Waals surface area contributed by atoms with Crippen molar-refractivity contribution in [3.63, 3.8) is 0 Å². The summed E-state index contributed by atoms with van der Waals surface area (Å²) < 4.78 is 302. The Hall–Kier alpha value is -11.9. The SMILES string of the molecule is [2H]c1c(C([2H])([2H])[2H])cc(C([2H])([2H])[2H])c(NC(=O)c2sccc2S(=O)(=O)Nc2onc(C([2H])([2H])[2H])c2C([2H])([2H])[2H])c1C(C)=O.[2H]c1c(C)cc(C(C)=O)c(NC(=O)c2sccc2S(=O)(=O)Nc2onc(C([2H])([2H])[2H])c2C)c1C.[2H]c1c(C)cc(C(C)=O)c(NC(=O)c2sccc2S(=O)(=O)Nc2onc(C)c2C([2H])([2H])[2H])c1C.[2H]c1c(C)cc(C(C)=O)c(NC(=O)c2sccc2S(=O)(=O)Nc2onc(C)c2C)c1C. The van der Waals surface area contributed by atoms with Gasteiger partial charge in [-0.2, -0.15) is 0 Å². The lowest BCUT2D eigenvalue weighted by Gasteiger charge is -2.14. The molecule has 0 saturated heterocycles. The van der Waals surface area contributed by atoms with Crippen LogP contribution in [0.15, 0.2) is 132 Å². The van der Waals surface area contributed by atoms with E-state index in [1.165, 1.54) is 87.2 Å². The van der Waals surface area contributed by atoms with Gasteiger partial charge in [0.25, 0.3) is 63.7 Å². The van der Waals surface area contributed by atoms with Crippen LogP contribution in [0, 0.1) is 110 Å². The Kier molecular flexibility index (Phi) is 20.1. The van der Waals surface area contributed by atoms with Crippen molar-refractivity contribution in [1.82, 2.24) is 20.6 Å². The highest BCUT2D eigenvalue weighted by Crippen LogP contribution is 2.36. The van der Waals surface area contributed by atoms with Crippen LogP contribution in [0.25, 0.3) is 0 Å². The van der Waals surface area contributed by atoms with Crippen molar-refractivity contribution in [2.75, 3.05) is 40.2 Å². The maximum absolute atomic E-state index is 13.3. The fourth-order valence-electron chi connectivity index (χ4n) is 10.8. The molecule has 0 atom stereocenters. The Balaban J connectivity index is 0.000000213. The lowest BCUT2D eigenvalue weighted by molar-refractivity contribution is 0.100. The van der Waals surface area contributed by atoms with Gasteiger partial charge in [-0.15, -0.1) is 45.3 Å². The smallest absolute Gasteiger partial charge is 0.267 e. The molecule has 8 N–H and O–H groups in total. The molecule has 632 valence electrons. The van der Waals surface area contributed by atoms with Crippen molar-refractivity contribution in [1.29, 1.82) is 0 Å². The van der Waals surface area contributed by atoms with E-state index in [2.05, 4.69) is 56.1 Å². The zero-order valence-electron chi connectivity index (χ0n) is 87.1.